The molecule has 0 aliphatic carbocycles. The van der Waals surface area contributed by atoms with Crippen LogP contribution in [0.15, 0.2) is 78.0 Å². The van der Waals surface area contributed by atoms with Crippen LogP contribution in [0, 0.1) is 5.82 Å². The number of amides is 1. The molecule has 0 unspecified atom stereocenters. The molecule has 5 rings (SSSR count). The Hall–Kier alpha value is -4.04. The van der Waals surface area contributed by atoms with Crippen molar-refractivity contribution in [3.05, 3.63) is 106 Å². The molecule has 0 saturated carbocycles. The van der Waals surface area contributed by atoms with Crippen LogP contribution in [0.2, 0.25) is 5.02 Å². The fraction of sp³-hybridized carbons (Fsp3) is 0.120. The maximum Gasteiger partial charge on any atom is 0.264 e. The largest absolute Gasteiger partial charge is 0.350 e. The molecule has 0 atom stereocenters. The highest BCUT2D eigenvalue weighted by Gasteiger charge is 2.16. The summed E-state index contributed by atoms with van der Waals surface area (Å²) in [6.07, 6.45) is 2.97. The smallest absolute Gasteiger partial charge is 0.264 e. The molecule has 5 aromatic rings. The van der Waals surface area contributed by atoms with E-state index in [1.54, 1.807) is 4.57 Å². The lowest BCUT2D eigenvalue weighted by molar-refractivity contribution is 0.0948. The number of carbonyl (C=O) groups is 1. The van der Waals surface area contributed by atoms with Crippen molar-refractivity contribution in [2.75, 3.05) is 6.54 Å². The van der Waals surface area contributed by atoms with Crippen molar-refractivity contribution in [3.63, 3.8) is 0 Å². The number of nitrogens with zero attached hydrogens (tertiary/aromatic N) is 4. The lowest BCUT2D eigenvalue weighted by atomic mass is 10.0. The van der Waals surface area contributed by atoms with E-state index in [0.29, 0.717) is 17.6 Å². The quantitative estimate of drug-likeness (QED) is 0.402. The summed E-state index contributed by atoms with van der Waals surface area (Å²) in [7, 11) is 0. The van der Waals surface area contributed by atoms with Crippen molar-refractivity contribution in [3.8, 4) is 0 Å². The fourth-order valence-electron chi connectivity index (χ4n) is 3.97. The molecule has 2 heterocycles. The summed E-state index contributed by atoms with van der Waals surface area (Å²) >= 11 is 5.94. The van der Waals surface area contributed by atoms with Crippen LogP contribution >= 0.6 is 11.6 Å². The molecule has 9 heteroatoms. The summed E-state index contributed by atoms with van der Waals surface area (Å²) in [5.41, 5.74) is 1.02. The van der Waals surface area contributed by atoms with Gasteiger partial charge in [0.2, 0.25) is 0 Å². The number of benzene rings is 3. The second kappa shape index (κ2) is 9.07. The van der Waals surface area contributed by atoms with Crippen LogP contribution in [-0.2, 0) is 13.1 Å². The van der Waals surface area contributed by atoms with Gasteiger partial charge in [-0.15, -0.1) is 0 Å². The molecule has 0 aliphatic rings. The van der Waals surface area contributed by atoms with Gasteiger partial charge < -0.3 is 5.32 Å². The second-order valence-electron chi connectivity index (χ2n) is 7.77. The molecule has 3 aromatic carbocycles. The third-order valence-corrected chi connectivity index (χ3v) is 5.96. The van der Waals surface area contributed by atoms with Gasteiger partial charge in [-0.25, -0.2) is 14.1 Å². The third-order valence-electron chi connectivity index (χ3n) is 5.64. The van der Waals surface area contributed by atoms with E-state index in [-0.39, 0.29) is 29.2 Å². The van der Waals surface area contributed by atoms with Gasteiger partial charge in [-0.05, 0) is 28.5 Å². The van der Waals surface area contributed by atoms with Crippen molar-refractivity contribution in [2.45, 2.75) is 13.1 Å². The number of nitrogens with one attached hydrogen (secondary N) is 1. The monoisotopic (exact) mass is 475 g/mol. The van der Waals surface area contributed by atoms with E-state index < -0.39 is 11.7 Å². The summed E-state index contributed by atoms with van der Waals surface area (Å²) in [4.78, 5) is 29.8. The van der Waals surface area contributed by atoms with Crippen molar-refractivity contribution < 1.29 is 9.18 Å². The normalized spacial score (nSPS) is 11.2. The Bertz CT molecular complexity index is 1570. The fourth-order valence-corrected chi connectivity index (χ4v) is 4.21. The predicted octanol–water partition coefficient (Wildman–Crippen LogP) is 4.02. The van der Waals surface area contributed by atoms with Gasteiger partial charge in [-0.1, -0.05) is 60.1 Å². The summed E-state index contributed by atoms with van der Waals surface area (Å²) in [5.74, 6) is -1.31. The molecular formula is C25H19ClFN5O2. The van der Waals surface area contributed by atoms with Gasteiger partial charge in [0.05, 0.1) is 29.9 Å². The average Bonchev–Trinajstić information content (AvgIpc) is 3.25. The summed E-state index contributed by atoms with van der Waals surface area (Å²) < 4.78 is 17.0. The van der Waals surface area contributed by atoms with E-state index in [1.165, 1.54) is 35.4 Å². The Kier molecular flexibility index (Phi) is 5.81. The zero-order chi connectivity index (χ0) is 23.7. The number of halogens is 2. The lowest BCUT2D eigenvalue weighted by Gasteiger charge is -2.10. The first-order valence-electron chi connectivity index (χ1n) is 10.6. The molecule has 0 saturated heterocycles. The van der Waals surface area contributed by atoms with Crippen molar-refractivity contribution in [1.82, 2.24) is 24.6 Å². The van der Waals surface area contributed by atoms with Gasteiger partial charge in [-0.2, -0.15) is 5.10 Å². The van der Waals surface area contributed by atoms with Crippen molar-refractivity contribution in [1.29, 1.82) is 0 Å². The first-order valence-corrected chi connectivity index (χ1v) is 11.0. The summed E-state index contributed by atoms with van der Waals surface area (Å²) in [6, 6.07) is 18.1. The first-order chi connectivity index (χ1) is 16.5. The molecule has 1 amide bonds. The lowest BCUT2D eigenvalue weighted by Crippen LogP contribution is -2.28. The molecule has 7 nitrogen and oxygen atoms in total. The molecule has 1 N–H and O–H groups in total. The van der Waals surface area contributed by atoms with Crippen LogP contribution in [-0.4, -0.2) is 31.8 Å². The zero-order valence-electron chi connectivity index (χ0n) is 17.9. The molecule has 0 fully saturated rings. The number of hydrogen-bond donors (Lipinski definition) is 1. The molecule has 0 radical (unpaired) electrons. The van der Waals surface area contributed by atoms with Crippen LogP contribution in [0.3, 0.4) is 0 Å². The molecular weight excluding hydrogens is 457 g/mol. The molecule has 0 spiro atoms. The summed E-state index contributed by atoms with van der Waals surface area (Å²) in [6.45, 7) is 0.788. The SMILES string of the molecule is O=C(NCCn1ncc2c(=O)n(Cc3cccc4ccccc34)cnc21)c1c(F)cccc1Cl. The average molecular weight is 476 g/mol. The van der Waals surface area contributed by atoms with E-state index in [0.717, 1.165) is 16.3 Å². The first kappa shape index (κ1) is 21.8. The van der Waals surface area contributed by atoms with E-state index >= 15 is 0 Å². The molecule has 170 valence electrons. The molecule has 34 heavy (non-hydrogen) atoms. The summed E-state index contributed by atoms with van der Waals surface area (Å²) in [5, 5.41) is 9.48. The third kappa shape index (κ3) is 4.04. The van der Waals surface area contributed by atoms with Gasteiger partial charge in [0, 0.05) is 6.54 Å². The van der Waals surface area contributed by atoms with E-state index in [9.17, 15) is 14.0 Å². The van der Waals surface area contributed by atoms with Crippen molar-refractivity contribution in [2.24, 2.45) is 0 Å². The van der Waals surface area contributed by atoms with Crippen LogP contribution < -0.4 is 10.9 Å². The van der Waals surface area contributed by atoms with E-state index in [2.05, 4.69) is 15.4 Å². The minimum absolute atomic E-state index is 0.0375. The Balaban J connectivity index is 1.34. The van der Waals surface area contributed by atoms with Crippen LogP contribution in [0.1, 0.15) is 15.9 Å². The zero-order valence-corrected chi connectivity index (χ0v) is 18.7. The topological polar surface area (TPSA) is 81.8 Å². The highest BCUT2D eigenvalue weighted by atomic mass is 35.5. The maximum atomic E-state index is 13.9. The Morgan fingerprint density at radius 2 is 1.82 bits per heavy atom. The number of aromatic nitrogens is 4. The molecule has 2 aromatic heterocycles. The van der Waals surface area contributed by atoms with Crippen LogP contribution in [0.5, 0.6) is 0 Å². The Morgan fingerprint density at radius 3 is 2.68 bits per heavy atom. The highest BCUT2D eigenvalue weighted by molar-refractivity contribution is 6.33. The van der Waals surface area contributed by atoms with Gasteiger partial charge >= 0.3 is 0 Å². The Labute approximate surface area is 198 Å². The second-order valence-corrected chi connectivity index (χ2v) is 8.18. The number of fused-ring (bicyclic) bond motifs is 2. The van der Waals surface area contributed by atoms with Crippen LogP contribution in [0.25, 0.3) is 21.8 Å². The predicted molar refractivity (Wildman–Crippen MR) is 129 cm³/mol. The van der Waals surface area contributed by atoms with Gasteiger partial charge in [-0.3, -0.25) is 14.2 Å². The van der Waals surface area contributed by atoms with Crippen LogP contribution in [0.4, 0.5) is 4.39 Å². The van der Waals surface area contributed by atoms with Gasteiger partial charge in [0.1, 0.15) is 17.5 Å². The van der Waals surface area contributed by atoms with Gasteiger partial charge in [0.25, 0.3) is 11.5 Å². The van der Waals surface area contributed by atoms with Crippen molar-refractivity contribution >= 4 is 39.3 Å². The van der Waals surface area contributed by atoms with E-state index in [1.807, 2.05) is 42.5 Å². The molecule has 0 aliphatic heterocycles. The van der Waals surface area contributed by atoms with Gasteiger partial charge in [0.15, 0.2) is 5.65 Å². The van der Waals surface area contributed by atoms with E-state index in [4.69, 9.17) is 11.6 Å². The maximum absolute atomic E-state index is 13.9. The Morgan fingerprint density at radius 1 is 1.03 bits per heavy atom. The molecule has 0 bridgehead atoms. The number of carbonyl (C=O) groups excluding carboxylic acids is 1. The number of rotatable bonds is 6. The highest BCUT2D eigenvalue weighted by Crippen LogP contribution is 2.20. The standard InChI is InChI=1S/C25H19ClFN5O2/c26-20-9-4-10-21(27)22(20)24(33)28-11-12-32-23-19(13-30-32)25(34)31(15-29-23)14-17-7-3-6-16-5-1-2-8-18(16)17/h1-10,13,15H,11-12,14H2,(H,28,33). The minimum Gasteiger partial charge on any atom is -0.350 e. The minimum atomic E-state index is -0.692. The number of hydrogen-bond acceptors (Lipinski definition) is 4.